The summed E-state index contributed by atoms with van der Waals surface area (Å²) in [7, 11) is 4.34. The molecule has 1 unspecified atom stereocenters. The molecule has 1 N–H and O–H groups in total. The van der Waals surface area contributed by atoms with E-state index in [1.54, 1.807) is 38.6 Å². The normalized spacial score (nSPS) is 9.22. The number of esters is 3. The number of hydrogen-bond donors (Lipinski definition) is 2. The van der Waals surface area contributed by atoms with Crippen LogP contribution in [0.2, 0.25) is 0 Å². The third kappa shape index (κ3) is 49.4. The van der Waals surface area contributed by atoms with Crippen LogP contribution in [0.4, 0.5) is 0 Å². The molecular weight excluding hydrogens is 573 g/mol. The van der Waals surface area contributed by atoms with Crippen LogP contribution in [0.3, 0.4) is 0 Å². The SMILES string of the molecule is C/C=C(\CBr)C(=O)OCC.C=C(C(=O)OCC)C(C)O.C=CC(=O)OCC.CC=O.CSC.[B]=NS. The Morgan fingerprint density at radius 3 is 1.61 bits per heavy atom. The van der Waals surface area contributed by atoms with Gasteiger partial charge in [0.05, 0.1) is 31.5 Å². The molecule has 0 aromatic carbocycles. The second-order valence-electron chi connectivity index (χ2n) is 5.31. The van der Waals surface area contributed by atoms with Gasteiger partial charge in [0.1, 0.15) is 6.29 Å². The van der Waals surface area contributed by atoms with Crippen LogP contribution in [0.5, 0.6) is 0 Å². The van der Waals surface area contributed by atoms with E-state index in [1.165, 1.54) is 13.8 Å². The number of halogens is 1. The average molecular weight is 615 g/mol. The third-order valence-corrected chi connectivity index (χ3v) is 3.13. The third-order valence-electron chi connectivity index (χ3n) is 2.53. The van der Waals surface area contributed by atoms with Gasteiger partial charge in [0.2, 0.25) is 0 Å². The number of thiol groups is 1. The summed E-state index contributed by atoms with van der Waals surface area (Å²) in [5.74, 6) is -1.12. The fourth-order valence-electron chi connectivity index (χ4n) is 1.07. The zero-order valence-electron chi connectivity index (χ0n) is 22.6. The molecule has 1 radical (unpaired) electrons. The van der Waals surface area contributed by atoms with E-state index in [2.05, 4.69) is 63.3 Å². The number of thioether (sulfide) groups is 1. The number of nitrogens with zero attached hydrogens (tertiary/aromatic N) is 1. The van der Waals surface area contributed by atoms with Crippen molar-refractivity contribution in [2.75, 3.05) is 37.7 Å². The molecule has 0 saturated carbocycles. The molecule has 0 aliphatic heterocycles. The van der Waals surface area contributed by atoms with Crippen LogP contribution in [0.25, 0.3) is 0 Å². The molecule has 13 heteroatoms. The first kappa shape index (κ1) is 47.5. The Morgan fingerprint density at radius 1 is 1.08 bits per heavy atom. The van der Waals surface area contributed by atoms with E-state index in [4.69, 9.17) is 14.6 Å². The van der Waals surface area contributed by atoms with Gasteiger partial charge in [-0.15, -0.1) is 0 Å². The van der Waals surface area contributed by atoms with Crippen LogP contribution in [0.1, 0.15) is 41.5 Å². The van der Waals surface area contributed by atoms with Crippen molar-refractivity contribution >= 4 is 72.3 Å². The summed E-state index contributed by atoms with van der Waals surface area (Å²) in [4.78, 5) is 40.5. The van der Waals surface area contributed by atoms with Crippen LogP contribution < -0.4 is 0 Å². The number of hydrogen-bond acceptors (Lipinski definition) is 11. The van der Waals surface area contributed by atoms with Crippen LogP contribution in [0.15, 0.2) is 40.8 Å². The molecule has 0 aromatic heterocycles. The molecule has 36 heavy (non-hydrogen) atoms. The van der Waals surface area contributed by atoms with Gasteiger partial charge in [-0.1, -0.05) is 35.2 Å². The predicted molar refractivity (Wildman–Crippen MR) is 157 cm³/mol. The summed E-state index contributed by atoms with van der Waals surface area (Å²) < 4.78 is 16.4. The summed E-state index contributed by atoms with van der Waals surface area (Å²) in [5.41, 5.74) is 0.767. The first-order valence-electron chi connectivity index (χ1n) is 10.5. The molecule has 0 aliphatic carbocycles. The van der Waals surface area contributed by atoms with Gasteiger partial charge in [-0.3, -0.25) is 0 Å². The van der Waals surface area contributed by atoms with Crippen molar-refractivity contribution in [1.82, 2.24) is 0 Å². The quantitative estimate of drug-likeness (QED) is 0.0773. The topological polar surface area (TPSA) is 129 Å². The summed E-state index contributed by atoms with van der Waals surface area (Å²) >= 11 is 8.12. The zero-order chi connectivity index (χ0) is 29.9. The van der Waals surface area contributed by atoms with E-state index in [0.29, 0.717) is 30.7 Å². The minimum atomic E-state index is -0.820. The van der Waals surface area contributed by atoms with E-state index in [-0.39, 0.29) is 17.5 Å². The maximum absolute atomic E-state index is 10.9. The second kappa shape index (κ2) is 43.4. The molecule has 0 aromatic rings. The van der Waals surface area contributed by atoms with Crippen molar-refractivity contribution in [2.45, 2.75) is 47.6 Å². The second-order valence-corrected chi connectivity index (χ2v) is 6.91. The standard InChI is InChI=1S/C7H11BrO2.C7H12O3.C5H8O2.C2H4O.C2H6S.BHNS/c1-3-6(5-8)7(9)10-4-2;1-4-10-7(9)5(2)6(3)8;1-3-5(6)7-4-2;1-2-3;1-3-2;1-2-3/h3H,4-5H2,1-2H3;6,8H,2,4H2,1,3H3;3H,1,4H2,2H3;2H,1H3;1-2H3;3H/b6-3+;;;;;. The van der Waals surface area contributed by atoms with E-state index in [1.807, 2.05) is 19.4 Å². The zero-order valence-corrected chi connectivity index (χ0v) is 25.9. The Labute approximate surface area is 236 Å². The van der Waals surface area contributed by atoms with E-state index in [0.717, 1.165) is 12.4 Å². The van der Waals surface area contributed by atoms with Gasteiger partial charge in [0, 0.05) is 17.0 Å². The molecule has 0 amide bonds. The molecule has 0 aliphatic rings. The number of allylic oxidation sites excluding steroid dienone is 1. The van der Waals surface area contributed by atoms with Gasteiger partial charge in [-0.05, 0) is 54.1 Å². The Morgan fingerprint density at radius 2 is 1.42 bits per heavy atom. The van der Waals surface area contributed by atoms with Crippen molar-refractivity contribution in [3.8, 4) is 0 Å². The Kier molecular flexibility index (Phi) is 57.2. The molecule has 0 rings (SSSR count). The monoisotopic (exact) mass is 614 g/mol. The molecule has 0 fully saturated rings. The molecule has 209 valence electrons. The van der Waals surface area contributed by atoms with Crippen molar-refractivity contribution < 1.29 is 38.5 Å². The summed E-state index contributed by atoms with van der Waals surface area (Å²) in [6.07, 6.45) is 6.90. The fraction of sp³-hybridized carbons (Fsp3) is 0.565. The molecule has 9 nitrogen and oxygen atoms in total. The van der Waals surface area contributed by atoms with Gasteiger partial charge in [-0.2, -0.15) is 11.8 Å². The maximum atomic E-state index is 10.9. The summed E-state index contributed by atoms with van der Waals surface area (Å²) in [6, 6.07) is 0. The Balaban J connectivity index is -0.0000000811. The first-order valence-corrected chi connectivity index (χ1v) is 13.6. The van der Waals surface area contributed by atoms with Crippen LogP contribution in [-0.4, -0.2) is 80.7 Å². The van der Waals surface area contributed by atoms with Crippen LogP contribution in [0, 0.1) is 0 Å². The number of carbonyl (C=O) groups is 4. The number of alkyl halides is 1. The van der Waals surface area contributed by atoms with Crippen molar-refractivity contribution in [3.63, 3.8) is 0 Å². The van der Waals surface area contributed by atoms with Crippen molar-refractivity contribution in [3.05, 3.63) is 36.5 Å². The molecule has 0 saturated heterocycles. The van der Waals surface area contributed by atoms with Crippen LogP contribution >= 0.6 is 40.5 Å². The number of rotatable bonds is 8. The Hall–Kier alpha value is -1.70. The van der Waals surface area contributed by atoms with Crippen LogP contribution in [-0.2, 0) is 33.4 Å². The number of carbonyl (C=O) groups excluding carboxylic acids is 4. The molecule has 0 heterocycles. The van der Waals surface area contributed by atoms with Gasteiger partial charge < -0.3 is 24.1 Å². The Bertz CT molecular complexity index is 613. The van der Waals surface area contributed by atoms with Gasteiger partial charge in [0.15, 0.2) is 0 Å². The first-order chi connectivity index (χ1) is 16.9. The summed E-state index contributed by atoms with van der Waals surface area (Å²) in [5, 5.41) is 9.38. The van der Waals surface area contributed by atoms with Crippen molar-refractivity contribution in [1.29, 1.82) is 0 Å². The van der Waals surface area contributed by atoms with Crippen molar-refractivity contribution in [2.24, 2.45) is 4.30 Å². The number of aldehydes is 1. The fourth-order valence-corrected chi connectivity index (χ4v) is 1.62. The van der Waals surface area contributed by atoms with E-state index in [9.17, 15) is 14.4 Å². The number of aliphatic hydroxyl groups is 1. The van der Waals surface area contributed by atoms with E-state index < -0.39 is 12.1 Å². The average Bonchev–Trinajstić information content (AvgIpc) is 2.82. The molecular formula is C23H42BBrNO8S2. The molecule has 0 spiro atoms. The molecule has 0 bridgehead atoms. The van der Waals surface area contributed by atoms with Gasteiger partial charge in [0.25, 0.3) is 0 Å². The summed E-state index contributed by atoms with van der Waals surface area (Å²) in [6.45, 7) is 17.7. The van der Waals surface area contributed by atoms with Gasteiger partial charge >= 0.3 is 42.7 Å². The number of ether oxygens (including phenoxy) is 3. The van der Waals surface area contributed by atoms with E-state index >= 15 is 0 Å². The number of aliphatic hydroxyl groups excluding tert-OH is 1. The molecule has 1 atom stereocenters. The predicted octanol–water partition coefficient (Wildman–Crippen LogP) is 4.48. The minimum absolute atomic E-state index is 0.0989. The van der Waals surface area contributed by atoms with Gasteiger partial charge in [-0.25, -0.2) is 14.4 Å².